The lowest BCUT2D eigenvalue weighted by molar-refractivity contribution is -0.136. The van der Waals surface area contributed by atoms with E-state index in [0.717, 1.165) is 11.3 Å². The highest BCUT2D eigenvalue weighted by molar-refractivity contribution is 6.12. The minimum Gasteiger partial charge on any atom is -0.450 e. The summed E-state index contributed by atoms with van der Waals surface area (Å²) < 4.78 is 4.92. The van der Waals surface area contributed by atoms with Gasteiger partial charge in [0.05, 0.1) is 6.61 Å². The molecule has 0 aliphatic carbocycles. The van der Waals surface area contributed by atoms with Gasteiger partial charge in [0.1, 0.15) is 0 Å². The second kappa shape index (κ2) is 6.78. The standard InChI is InChI=1S/C12H18N2O4/c1-9(2)5-8-18-12(17)13-6-7-14-10(15)3-4-11(14)16/h3-4,9H,5-8H2,1-2H3,(H,13,17). The number of ether oxygens (including phenoxy) is 1. The molecule has 6 nitrogen and oxygen atoms in total. The Hall–Kier alpha value is -1.85. The van der Waals surface area contributed by atoms with Gasteiger partial charge >= 0.3 is 6.09 Å². The van der Waals surface area contributed by atoms with Crippen molar-refractivity contribution in [2.45, 2.75) is 20.3 Å². The molecule has 0 aromatic heterocycles. The first-order valence-electron chi connectivity index (χ1n) is 5.95. The molecule has 0 aromatic carbocycles. The fourth-order valence-corrected chi connectivity index (χ4v) is 1.36. The molecule has 1 aliphatic heterocycles. The molecule has 100 valence electrons. The lowest BCUT2D eigenvalue weighted by Crippen LogP contribution is -2.38. The van der Waals surface area contributed by atoms with E-state index in [0.29, 0.717) is 12.5 Å². The lowest BCUT2D eigenvalue weighted by atomic mass is 10.1. The van der Waals surface area contributed by atoms with Crippen LogP contribution in [0.1, 0.15) is 20.3 Å². The molecule has 0 unspecified atom stereocenters. The number of imide groups is 1. The fourth-order valence-electron chi connectivity index (χ4n) is 1.36. The van der Waals surface area contributed by atoms with Gasteiger partial charge in [0.25, 0.3) is 11.8 Å². The second-order valence-corrected chi connectivity index (χ2v) is 4.41. The van der Waals surface area contributed by atoms with E-state index in [1.54, 1.807) is 0 Å². The molecular weight excluding hydrogens is 236 g/mol. The van der Waals surface area contributed by atoms with Gasteiger partial charge in [-0.1, -0.05) is 13.8 Å². The van der Waals surface area contributed by atoms with Gasteiger partial charge in [-0.25, -0.2) is 4.79 Å². The number of alkyl carbamates (subject to hydrolysis) is 1. The number of rotatable bonds is 6. The maximum absolute atomic E-state index is 11.2. The summed E-state index contributed by atoms with van der Waals surface area (Å²) in [6, 6.07) is 0. The second-order valence-electron chi connectivity index (χ2n) is 4.41. The molecule has 1 heterocycles. The molecule has 0 atom stereocenters. The van der Waals surface area contributed by atoms with Crippen molar-refractivity contribution in [3.05, 3.63) is 12.2 Å². The summed E-state index contributed by atoms with van der Waals surface area (Å²) in [5.74, 6) is -0.228. The van der Waals surface area contributed by atoms with Gasteiger partial charge in [0.15, 0.2) is 0 Å². The molecular formula is C12H18N2O4. The zero-order chi connectivity index (χ0) is 13.5. The normalized spacial score (nSPS) is 14.5. The van der Waals surface area contributed by atoms with Gasteiger partial charge in [-0.2, -0.15) is 0 Å². The van der Waals surface area contributed by atoms with Crippen LogP contribution in [-0.2, 0) is 14.3 Å². The van der Waals surface area contributed by atoms with E-state index in [4.69, 9.17) is 4.74 Å². The Morgan fingerprint density at radius 3 is 2.50 bits per heavy atom. The number of hydrogen-bond donors (Lipinski definition) is 1. The van der Waals surface area contributed by atoms with Gasteiger partial charge in [-0.15, -0.1) is 0 Å². The van der Waals surface area contributed by atoms with Crippen molar-refractivity contribution in [2.75, 3.05) is 19.7 Å². The molecule has 0 radical (unpaired) electrons. The zero-order valence-corrected chi connectivity index (χ0v) is 10.6. The van der Waals surface area contributed by atoms with Crippen molar-refractivity contribution in [2.24, 2.45) is 5.92 Å². The van der Waals surface area contributed by atoms with Crippen LogP contribution < -0.4 is 5.32 Å². The van der Waals surface area contributed by atoms with Gasteiger partial charge in [-0.05, 0) is 12.3 Å². The van der Waals surface area contributed by atoms with E-state index in [1.807, 2.05) is 13.8 Å². The van der Waals surface area contributed by atoms with Crippen LogP contribution in [0.3, 0.4) is 0 Å². The maximum Gasteiger partial charge on any atom is 0.407 e. The van der Waals surface area contributed by atoms with Gasteiger partial charge in [-0.3, -0.25) is 14.5 Å². The van der Waals surface area contributed by atoms with Crippen LogP contribution >= 0.6 is 0 Å². The Bertz CT molecular complexity index is 345. The molecule has 0 saturated heterocycles. The molecule has 3 amide bonds. The predicted molar refractivity (Wildman–Crippen MR) is 64.7 cm³/mol. The number of nitrogens with one attached hydrogen (secondary N) is 1. The van der Waals surface area contributed by atoms with Gasteiger partial charge < -0.3 is 10.1 Å². The number of amides is 3. The molecule has 0 spiro atoms. The Morgan fingerprint density at radius 1 is 1.33 bits per heavy atom. The number of hydrogen-bond acceptors (Lipinski definition) is 4. The molecule has 0 aromatic rings. The van der Waals surface area contributed by atoms with Crippen LogP contribution in [0.4, 0.5) is 4.79 Å². The quantitative estimate of drug-likeness (QED) is 0.707. The molecule has 1 aliphatic rings. The number of carbonyl (C=O) groups excluding carboxylic acids is 3. The minimum atomic E-state index is -0.525. The van der Waals surface area contributed by atoms with Crippen LogP contribution in [0.5, 0.6) is 0 Å². The smallest absolute Gasteiger partial charge is 0.407 e. The Morgan fingerprint density at radius 2 is 1.94 bits per heavy atom. The van der Waals surface area contributed by atoms with E-state index in [-0.39, 0.29) is 24.9 Å². The average Bonchev–Trinajstić information content (AvgIpc) is 2.60. The van der Waals surface area contributed by atoms with Crippen LogP contribution in [-0.4, -0.2) is 42.5 Å². The number of carbonyl (C=O) groups is 3. The van der Waals surface area contributed by atoms with E-state index in [1.165, 1.54) is 12.2 Å². The Balaban J connectivity index is 2.12. The van der Waals surface area contributed by atoms with Crippen LogP contribution in [0.15, 0.2) is 12.2 Å². The van der Waals surface area contributed by atoms with Crippen molar-refractivity contribution in [1.29, 1.82) is 0 Å². The third kappa shape index (κ3) is 4.57. The SMILES string of the molecule is CC(C)CCOC(=O)NCCN1C(=O)C=CC1=O. The van der Waals surface area contributed by atoms with Crippen molar-refractivity contribution in [3.63, 3.8) is 0 Å². The molecule has 0 bridgehead atoms. The fraction of sp³-hybridized carbons (Fsp3) is 0.583. The van der Waals surface area contributed by atoms with Gasteiger partial charge in [0, 0.05) is 25.2 Å². The summed E-state index contributed by atoms with van der Waals surface area (Å²) >= 11 is 0. The summed E-state index contributed by atoms with van der Waals surface area (Å²) in [5, 5.41) is 2.49. The summed E-state index contributed by atoms with van der Waals surface area (Å²) in [5.41, 5.74) is 0. The van der Waals surface area contributed by atoms with Crippen molar-refractivity contribution >= 4 is 17.9 Å². The Labute approximate surface area is 106 Å². The summed E-state index contributed by atoms with van der Waals surface area (Å²) in [7, 11) is 0. The molecule has 0 fully saturated rings. The first kappa shape index (κ1) is 14.2. The monoisotopic (exact) mass is 254 g/mol. The summed E-state index contributed by atoms with van der Waals surface area (Å²) in [6.45, 7) is 4.80. The largest absolute Gasteiger partial charge is 0.450 e. The molecule has 0 saturated carbocycles. The van der Waals surface area contributed by atoms with E-state index < -0.39 is 6.09 Å². The van der Waals surface area contributed by atoms with E-state index in [9.17, 15) is 14.4 Å². The highest BCUT2D eigenvalue weighted by atomic mass is 16.5. The molecule has 6 heteroatoms. The predicted octanol–water partition coefficient (Wildman–Crippen LogP) is 0.684. The summed E-state index contributed by atoms with van der Waals surface area (Å²) in [4.78, 5) is 34.7. The topological polar surface area (TPSA) is 75.7 Å². The first-order chi connectivity index (χ1) is 8.50. The van der Waals surface area contributed by atoms with E-state index in [2.05, 4.69) is 5.32 Å². The maximum atomic E-state index is 11.2. The number of nitrogens with zero attached hydrogens (tertiary/aromatic N) is 1. The third-order valence-electron chi connectivity index (χ3n) is 2.43. The van der Waals surface area contributed by atoms with Crippen molar-refractivity contribution in [1.82, 2.24) is 10.2 Å². The lowest BCUT2D eigenvalue weighted by Gasteiger charge is -2.14. The van der Waals surface area contributed by atoms with Gasteiger partial charge in [0.2, 0.25) is 0 Å². The van der Waals surface area contributed by atoms with Crippen molar-refractivity contribution in [3.8, 4) is 0 Å². The molecule has 1 N–H and O–H groups in total. The van der Waals surface area contributed by atoms with Crippen molar-refractivity contribution < 1.29 is 19.1 Å². The third-order valence-corrected chi connectivity index (χ3v) is 2.43. The first-order valence-corrected chi connectivity index (χ1v) is 5.95. The highest BCUT2D eigenvalue weighted by Crippen LogP contribution is 2.02. The summed E-state index contributed by atoms with van der Waals surface area (Å²) in [6.07, 6.45) is 2.70. The zero-order valence-electron chi connectivity index (χ0n) is 10.6. The van der Waals surface area contributed by atoms with Crippen LogP contribution in [0.25, 0.3) is 0 Å². The Kier molecular flexibility index (Phi) is 5.35. The minimum absolute atomic E-state index is 0.157. The molecule has 18 heavy (non-hydrogen) atoms. The van der Waals surface area contributed by atoms with Crippen LogP contribution in [0.2, 0.25) is 0 Å². The highest BCUT2D eigenvalue weighted by Gasteiger charge is 2.22. The molecule has 1 rings (SSSR count). The van der Waals surface area contributed by atoms with E-state index >= 15 is 0 Å². The average molecular weight is 254 g/mol. The van der Waals surface area contributed by atoms with Crippen LogP contribution in [0, 0.1) is 5.92 Å².